The van der Waals surface area contributed by atoms with Crippen LogP contribution in [0.15, 0.2) is 41.5 Å². The van der Waals surface area contributed by atoms with Crippen LogP contribution in [0.25, 0.3) is 0 Å². The Bertz CT molecular complexity index is 926. The molecule has 0 spiro atoms. The number of hydrogen-bond donors (Lipinski definition) is 2. The molecule has 2 aromatic rings. The number of nitriles is 1. The highest BCUT2D eigenvalue weighted by atomic mass is 35.5. The molecule has 0 saturated carbocycles. The Labute approximate surface area is 161 Å². The number of amides is 1. The van der Waals surface area contributed by atoms with E-state index in [1.807, 2.05) is 6.07 Å². The molecule has 0 saturated heterocycles. The molecular weight excluding hydrogens is 373 g/mol. The van der Waals surface area contributed by atoms with Crippen molar-refractivity contribution in [2.24, 2.45) is 10.7 Å². The second kappa shape index (κ2) is 8.12. The summed E-state index contributed by atoms with van der Waals surface area (Å²) < 4.78 is 19.7. The number of nitrogens with two attached hydrogens (primary N) is 1. The molecule has 3 rings (SSSR count). The zero-order valence-corrected chi connectivity index (χ0v) is 15.2. The number of rotatable bonds is 3. The zero-order chi connectivity index (χ0) is 18.7. The van der Waals surface area contributed by atoms with Crippen LogP contribution < -0.4 is 11.1 Å². The summed E-state index contributed by atoms with van der Waals surface area (Å²) in [5.74, 6) is -0.654. The van der Waals surface area contributed by atoms with E-state index in [2.05, 4.69) is 15.3 Å². The number of carbonyl (C=O) groups excluding carboxylic acids is 1. The van der Waals surface area contributed by atoms with Gasteiger partial charge in [-0.1, -0.05) is 0 Å². The maximum absolute atomic E-state index is 14.3. The Kier molecular flexibility index (Phi) is 6.10. The second-order valence-electron chi connectivity index (χ2n) is 6.06. The van der Waals surface area contributed by atoms with Gasteiger partial charge in [-0.05, 0) is 37.3 Å². The average molecular weight is 390 g/mol. The third-order valence-electron chi connectivity index (χ3n) is 3.95. The third-order valence-corrected chi connectivity index (χ3v) is 3.95. The van der Waals surface area contributed by atoms with Gasteiger partial charge in [-0.3, -0.25) is 9.79 Å². The van der Waals surface area contributed by atoms with Gasteiger partial charge in [-0.25, -0.2) is 9.37 Å². The molecule has 1 atom stereocenters. The highest BCUT2D eigenvalue weighted by molar-refractivity contribution is 6.02. The minimum atomic E-state index is -0.972. The number of benzene rings is 1. The first-order valence-electron chi connectivity index (χ1n) is 7.81. The fraction of sp³-hybridized carbons (Fsp3) is 0.222. The maximum Gasteiger partial charge on any atom is 0.274 e. The van der Waals surface area contributed by atoms with E-state index in [-0.39, 0.29) is 42.7 Å². The molecule has 1 aliphatic rings. The molecule has 0 radical (unpaired) electrons. The first-order valence-corrected chi connectivity index (χ1v) is 7.81. The summed E-state index contributed by atoms with van der Waals surface area (Å²) in [5, 5.41) is 11.4. The average Bonchev–Trinajstić information content (AvgIpc) is 2.63. The third kappa shape index (κ3) is 4.39. The van der Waals surface area contributed by atoms with Crippen LogP contribution in [-0.2, 0) is 10.3 Å². The molecule has 1 aromatic carbocycles. The normalized spacial score (nSPS) is 18.6. The van der Waals surface area contributed by atoms with Crippen LogP contribution in [0.3, 0.4) is 0 Å². The number of pyridine rings is 1. The predicted octanol–water partition coefficient (Wildman–Crippen LogP) is 2.37. The lowest BCUT2D eigenvalue weighted by Crippen LogP contribution is -2.38. The highest BCUT2D eigenvalue weighted by Crippen LogP contribution is 2.32. The van der Waals surface area contributed by atoms with Crippen LogP contribution in [0.1, 0.15) is 28.5 Å². The predicted molar refractivity (Wildman–Crippen MR) is 100 cm³/mol. The van der Waals surface area contributed by atoms with Crippen molar-refractivity contribution < 1.29 is 13.9 Å². The van der Waals surface area contributed by atoms with E-state index in [9.17, 15) is 9.18 Å². The van der Waals surface area contributed by atoms with E-state index < -0.39 is 17.3 Å². The van der Waals surface area contributed by atoms with E-state index >= 15 is 0 Å². The quantitative estimate of drug-likeness (QED) is 0.836. The Morgan fingerprint density at radius 2 is 2.19 bits per heavy atom. The lowest BCUT2D eigenvalue weighted by molar-refractivity contribution is 0.102. The van der Waals surface area contributed by atoms with Crippen molar-refractivity contribution in [3.05, 3.63) is 59.2 Å². The van der Waals surface area contributed by atoms with E-state index in [0.29, 0.717) is 11.3 Å². The number of anilines is 1. The monoisotopic (exact) mass is 389 g/mol. The highest BCUT2D eigenvalue weighted by Gasteiger charge is 2.33. The Morgan fingerprint density at radius 1 is 1.41 bits per heavy atom. The van der Waals surface area contributed by atoms with E-state index in [1.165, 1.54) is 36.5 Å². The van der Waals surface area contributed by atoms with E-state index in [0.717, 1.165) is 0 Å². The number of ether oxygens (including phenoxy) is 1. The van der Waals surface area contributed by atoms with Gasteiger partial charge in [0.1, 0.15) is 35.6 Å². The summed E-state index contributed by atoms with van der Waals surface area (Å²) in [7, 11) is 0. The van der Waals surface area contributed by atoms with E-state index in [1.54, 1.807) is 6.92 Å². The number of hydrogen-bond acceptors (Lipinski definition) is 6. The summed E-state index contributed by atoms with van der Waals surface area (Å²) >= 11 is 0. The van der Waals surface area contributed by atoms with Gasteiger partial charge < -0.3 is 15.8 Å². The zero-order valence-electron chi connectivity index (χ0n) is 14.4. The summed E-state index contributed by atoms with van der Waals surface area (Å²) in [6, 6.07) is 9.07. The molecule has 0 aliphatic carbocycles. The van der Waals surface area contributed by atoms with Gasteiger partial charge in [0, 0.05) is 17.4 Å². The molecule has 9 heteroatoms. The molecule has 1 aliphatic heterocycles. The first-order chi connectivity index (χ1) is 12.4. The van der Waals surface area contributed by atoms with E-state index in [4.69, 9.17) is 15.7 Å². The minimum Gasteiger partial charge on any atom is -0.386 e. The maximum atomic E-state index is 14.3. The van der Waals surface area contributed by atoms with Gasteiger partial charge in [-0.15, -0.1) is 12.4 Å². The number of nitrogens with zero attached hydrogens (tertiary/aromatic N) is 3. The second-order valence-corrected chi connectivity index (χ2v) is 6.06. The smallest absolute Gasteiger partial charge is 0.274 e. The summed E-state index contributed by atoms with van der Waals surface area (Å²) in [5.41, 5.74) is 5.90. The molecule has 27 heavy (non-hydrogen) atoms. The molecule has 140 valence electrons. The largest absolute Gasteiger partial charge is 0.386 e. The van der Waals surface area contributed by atoms with Crippen LogP contribution in [0.2, 0.25) is 0 Å². The van der Waals surface area contributed by atoms with Crippen LogP contribution >= 0.6 is 12.4 Å². The molecule has 7 nitrogen and oxygen atoms in total. The van der Waals surface area contributed by atoms with Gasteiger partial charge in [0.25, 0.3) is 5.91 Å². The molecule has 1 amide bonds. The topological polar surface area (TPSA) is 113 Å². The Morgan fingerprint density at radius 3 is 2.81 bits per heavy atom. The SMILES string of the molecule is CC1(c2cc(NC(=O)c3ccc(C#N)cn3)ccc2F)COCC(N)=N1.Cl. The van der Waals surface area contributed by atoms with Gasteiger partial charge in [0.05, 0.1) is 12.2 Å². The van der Waals surface area contributed by atoms with Gasteiger partial charge in [0.15, 0.2) is 0 Å². The molecule has 0 bridgehead atoms. The van der Waals surface area contributed by atoms with Gasteiger partial charge in [0.2, 0.25) is 0 Å². The van der Waals surface area contributed by atoms with Gasteiger partial charge >= 0.3 is 0 Å². The standard InChI is InChI=1S/C18H16FN5O2.ClH/c1-18(10-26-9-16(21)24-18)13-6-12(3-4-14(13)19)23-17(25)15-5-2-11(7-20)8-22-15;/h2-6,8H,9-10H2,1H3,(H2,21,24)(H,23,25);1H. The Hall–Kier alpha value is -3.02. The number of aliphatic imine (C=N–C) groups is 1. The fourth-order valence-corrected chi connectivity index (χ4v) is 2.68. The van der Waals surface area contributed by atoms with Crippen molar-refractivity contribution >= 4 is 29.8 Å². The van der Waals surface area contributed by atoms with Crippen molar-refractivity contribution in [2.45, 2.75) is 12.5 Å². The molecule has 2 heterocycles. The van der Waals surface area contributed by atoms with Crippen LogP contribution in [0.5, 0.6) is 0 Å². The molecule has 0 fully saturated rings. The number of amidine groups is 1. The van der Waals surface area contributed by atoms with Crippen molar-refractivity contribution in [3.8, 4) is 6.07 Å². The number of halogens is 2. The molecule has 3 N–H and O–H groups in total. The molecule has 1 aromatic heterocycles. The summed E-state index contributed by atoms with van der Waals surface area (Å²) in [6.07, 6.45) is 1.31. The lowest BCUT2D eigenvalue weighted by Gasteiger charge is -2.30. The Balaban J connectivity index is 0.00000261. The van der Waals surface area contributed by atoms with Crippen molar-refractivity contribution in [2.75, 3.05) is 18.5 Å². The first kappa shape index (κ1) is 20.3. The molecule has 1 unspecified atom stereocenters. The number of aromatic nitrogens is 1. The van der Waals surface area contributed by atoms with Crippen molar-refractivity contribution in [1.29, 1.82) is 5.26 Å². The van der Waals surface area contributed by atoms with Crippen LogP contribution in [-0.4, -0.2) is 29.9 Å². The fourth-order valence-electron chi connectivity index (χ4n) is 2.68. The van der Waals surface area contributed by atoms with Gasteiger partial charge in [-0.2, -0.15) is 5.26 Å². The molecular formula is C18H17ClFN5O2. The number of nitrogens with one attached hydrogen (secondary N) is 1. The van der Waals surface area contributed by atoms with Crippen molar-refractivity contribution in [1.82, 2.24) is 4.98 Å². The van der Waals surface area contributed by atoms with Crippen molar-refractivity contribution in [3.63, 3.8) is 0 Å². The summed E-state index contributed by atoms with van der Waals surface area (Å²) in [4.78, 5) is 20.5. The van der Waals surface area contributed by atoms with Crippen LogP contribution in [0, 0.1) is 17.1 Å². The summed E-state index contributed by atoms with van der Waals surface area (Å²) in [6.45, 7) is 2.10. The minimum absolute atomic E-state index is 0. The lowest BCUT2D eigenvalue weighted by atomic mass is 9.92. The number of carbonyl (C=O) groups is 1. The van der Waals surface area contributed by atoms with Crippen LogP contribution in [0.4, 0.5) is 10.1 Å².